The lowest BCUT2D eigenvalue weighted by Crippen LogP contribution is -2.36. The van der Waals surface area contributed by atoms with Gasteiger partial charge in [0.1, 0.15) is 6.10 Å². The van der Waals surface area contributed by atoms with Crippen LogP contribution in [0.25, 0.3) is 0 Å². The van der Waals surface area contributed by atoms with Crippen molar-refractivity contribution in [2.45, 2.75) is 69.6 Å². The van der Waals surface area contributed by atoms with Crippen LogP contribution in [-0.2, 0) is 20.5 Å². The molecule has 2 atom stereocenters. The van der Waals surface area contributed by atoms with Gasteiger partial charge in [0.25, 0.3) is 0 Å². The Morgan fingerprint density at radius 3 is 2.20 bits per heavy atom. The molecule has 9 heteroatoms. The standard InChI is InChI=1S/C31H32F3NO5/c1-17-27(30(37)40-22-6-4-5-7-22)28(18-8-11-21(12-9-18)31(32,33)34)29-23(35-17)14-20(15-24(29)36)19-10-13-25(38-2)26(16-19)39-3/h8-13,16,20,22,28,35H,4-7,14-15H2,1-3H3/t20-,28+/m0/s1. The fraction of sp³-hybridized carbons (Fsp3) is 0.419. The molecule has 1 heterocycles. The maximum Gasteiger partial charge on any atom is 0.416 e. The smallest absolute Gasteiger partial charge is 0.416 e. The highest BCUT2D eigenvalue weighted by molar-refractivity contribution is 6.04. The number of benzene rings is 2. The lowest BCUT2D eigenvalue weighted by atomic mass is 9.71. The van der Waals surface area contributed by atoms with E-state index in [0.717, 1.165) is 43.4 Å². The molecular formula is C31H32F3NO5. The molecule has 0 spiro atoms. The third kappa shape index (κ3) is 5.33. The Labute approximate surface area is 231 Å². The van der Waals surface area contributed by atoms with Crippen molar-refractivity contribution in [3.8, 4) is 11.5 Å². The number of methoxy groups -OCH3 is 2. The average Bonchev–Trinajstić information content (AvgIpc) is 3.44. The van der Waals surface area contributed by atoms with Gasteiger partial charge >= 0.3 is 12.1 Å². The number of rotatable bonds is 6. The van der Waals surface area contributed by atoms with Gasteiger partial charge in [-0.05, 0) is 80.3 Å². The quantitative estimate of drug-likeness (QED) is 0.407. The zero-order chi connectivity index (χ0) is 28.6. The van der Waals surface area contributed by atoms with E-state index in [4.69, 9.17) is 14.2 Å². The molecule has 212 valence electrons. The van der Waals surface area contributed by atoms with Crippen molar-refractivity contribution < 1.29 is 37.0 Å². The maximum atomic E-state index is 13.8. The Morgan fingerprint density at radius 2 is 1.57 bits per heavy atom. The second-order valence-corrected chi connectivity index (χ2v) is 10.6. The first-order valence-electron chi connectivity index (χ1n) is 13.4. The summed E-state index contributed by atoms with van der Waals surface area (Å²) in [6.45, 7) is 1.75. The van der Waals surface area contributed by atoms with E-state index in [1.807, 2.05) is 12.1 Å². The van der Waals surface area contributed by atoms with Crippen molar-refractivity contribution >= 4 is 11.8 Å². The Bertz CT molecular complexity index is 1370. The number of ether oxygens (including phenoxy) is 3. The van der Waals surface area contributed by atoms with Crippen LogP contribution in [0.1, 0.15) is 74.0 Å². The van der Waals surface area contributed by atoms with Crippen LogP contribution in [0.3, 0.4) is 0 Å². The van der Waals surface area contributed by atoms with Crippen LogP contribution in [0, 0.1) is 0 Å². The first-order valence-corrected chi connectivity index (χ1v) is 13.4. The van der Waals surface area contributed by atoms with E-state index in [9.17, 15) is 22.8 Å². The van der Waals surface area contributed by atoms with Crippen LogP contribution in [0.5, 0.6) is 11.5 Å². The molecule has 2 aromatic carbocycles. The molecule has 5 rings (SSSR count). The SMILES string of the molecule is COc1ccc([C@@H]2CC(=O)C3=C(C2)NC(C)=C(C(=O)OC2CCCC2)[C@H]3c2ccc(C(F)(F)F)cc2)cc1OC. The second-order valence-electron chi connectivity index (χ2n) is 10.6. The average molecular weight is 556 g/mol. The van der Waals surface area contributed by atoms with Crippen molar-refractivity contribution in [2.75, 3.05) is 14.2 Å². The molecule has 1 saturated carbocycles. The van der Waals surface area contributed by atoms with E-state index in [2.05, 4.69) is 5.32 Å². The Hall–Kier alpha value is -3.75. The molecule has 3 aliphatic rings. The summed E-state index contributed by atoms with van der Waals surface area (Å²) in [5.41, 5.74) is 2.42. The second kappa shape index (κ2) is 11.0. The van der Waals surface area contributed by atoms with E-state index in [1.54, 1.807) is 27.2 Å². The highest BCUT2D eigenvalue weighted by Crippen LogP contribution is 2.47. The van der Waals surface area contributed by atoms with E-state index < -0.39 is 23.6 Å². The van der Waals surface area contributed by atoms with Crippen LogP contribution in [0.15, 0.2) is 65.0 Å². The zero-order valence-electron chi connectivity index (χ0n) is 22.7. The number of Topliss-reactive ketones (excluding diaryl/α,β-unsaturated/α-hetero) is 1. The van der Waals surface area contributed by atoms with Gasteiger partial charge in [0, 0.05) is 29.3 Å². The van der Waals surface area contributed by atoms with Gasteiger partial charge in [-0.25, -0.2) is 4.79 Å². The van der Waals surface area contributed by atoms with Gasteiger partial charge < -0.3 is 19.5 Å². The first-order chi connectivity index (χ1) is 19.1. The number of hydrogen-bond acceptors (Lipinski definition) is 6. The summed E-state index contributed by atoms with van der Waals surface area (Å²) in [5.74, 6) is -0.562. The molecule has 0 saturated heterocycles. The number of allylic oxidation sites excluding steroid dienone is 3. The van der Waals surface area contributed by atoms with Crippen LogP contribution in [0.2, 0.25) is 0 Å². The molecule has 0 bridgehead atoms. The number of carbonyl (C=O) groups excluding carboxylic acids is 2. The largest absolute Gasteiger partial charge is 0.493 e. The Morgan fingerprint density at radius 1 is 0.925 bits per heavy atom. The summed E-state index contributed by atoms with van der Waals surface area (Å²) in [6, 6.07) is 10.2. The molecule has 1 fully saturated rings. The van der Waals surface area contributed by atoms with E-state index in [1.165, 1.54) is 12.1 Å². The van der Waals surface area contributed by atoms with Crippen molar-refractivity contribution in [3.63, 3.8) is 0 Å². The first kappa shape index (κ1) is 27.8. The summed E-state index contributed by atoms with van der Waals surface area (Å²) < 4.78 is 56.6. The summed E-state index contributed by atoms with van der Waals surface area (Å²) >= 11 is 0. The van der Waals surface area contributed by atoms with Crippen LogP contribution >= 0.6 is 0 Å². The number of hydrogen-bond donors (Lipinski definition) is 1. The van der Waals surface area contributed by atoms with Gasteiger partial charge in [-0.3, -0.25) is 4.79 Å². The predicted octanol–water partition coefficient (Wildman–Crippen LogP) is 6.57. The molecule has 40 heavy (non-hydrogen) atoms. The van der Waals surface area contributed by atoms with E-state index in [-0.39, 0.29) is 29.8 Å². The third-order valence-electron chi connectivity index (χ3n) is 8.07. The molecule has 2 aliphatic carbocycles. The lowest BCUT2D eigenvalue weighted by molar-refractivity contribution is -0.144. The fourth-order valence-electron chi connectivity index (χ4n) is 6.07. The molecule has 0 aromatic heterocycles. The molecule has 2 aromatic rings. The van der Waals surface area contributed by atoms with Crippen molar-refractivity contribution in [1.82, 2.24) is 5.32 Å². The number of carbonyl (C=O) groups is 2. The normalized spacial score (nSPS) is 21.7. The van der Waals surface area contributed by atoms with Crippen LogP contribution in [0.4, 0.5) is 13.2 Å². The van der Waals surface area contributed by atoms with Gasteiger partial charge in [-0.1, -0.05) is 18.2 Å². The minimum absolute atomic E-state index is 0.161. The molecule has 6 nitrogen and oxygen atoms in total. The molecule has 0 radical (unpaired) electrons. The highest BCUT2D eigenvalue weighted by Gasteiger charge is 2.42. The maximum absolute atomic E-state index is 13.8. The Balaban J connectivity index is 1.54. The molecular weight excluding hydrogens is 523 g/mol. The molecule has 1 N–H and O–H groups in total. The topological polar surface area (TPSA) is 73.9 Å². The van der Waals surface area contributed by atoms with Crippen LogP contribution in [-0.4, -0.2) is 32.1 Å². The monoisotopic (exact) mass is 555 g/mol. The van der Waals surface area contributed by atoms with Gasteiger partial charge in [0.15, 0.2) is 17.3 Å². The molecule has 1 aliphatic heterocycles. The highest BCUT2D eigenvalue weighted by atomic mass is 19.4. The van der Waals surface area contributed by atoms with Crippen molar-refractivity contribution in [1.29, 1.82) is 0 Å². The van der Waals surface area contributed by atoms with Gasteiger partial charge in [0.2, 0.25) is 0 Å². The fourth-order valence-corrected chi connectivity index (χ4v) is 6.07. The third-order valence-corrected chi connectivity index (χ3v) is 8.07. The molecule has 0 unspecified atom stereocenters. The summed E-state index contributed by atoms with van der Waals surface area (Å²) in [5, 5.41) is 3.29. The number of halogens is 3. The summed E-state index contributed by atoms with van der Waals surface area (Å²) in [4.78, 5) is 27.3. The number of dihydropyridines is 1. The van der Waals surface area contributed by atoms with Gasteiger partial charge in [0.05, 0.1) is 25.4 Å². The van der Waals surface area contributed by atoms with Crippen molar-refractivity contribution in [3.05, 3.63) is 81.7 Å². The summed E-state index contributed by atoms with van der Waals surface area (Å²) in [7, 11) is 3.10. The minimum atomic E-state index is -4.50. The Kier molecular flexibility index (Phi) is 7.66. The number of alkyl halides is 3. The van der Waals surface area contributed by atoms with E-state index >= 15 is 0 Å². The minimum Gasteiger partial charge on any atom is -0.493 e. The van der Waals surface area contributed by atoms with Gasteiger partial charge in [-0.2, -0.15) is 13.2 Å². The van der Waals surface area contributed by atoms with Crippen LogP contribution < -0.4 is 14.8 Å². The number of nitrogens with one attached hydrogen (secondary N) is 1. The lowest BCUT2D eigenvalue weighted by Gasteiger charge is -2.37. The molecule has 0 amide bonds. The van der Waals surface area contributed by atoms with Crippen molar-refractivity contribution in [2.24, 2.45) is 0 Å². The predicted molar refractivity (Wildman–Crippen MR) is 142 cm³/mol. The van der Waals surface area contributed by atoms with Gasteiger partial charge in [-0.15, -0.1) is 0 Å². The summed E-state index contributed by atoms with van der Waals surface area (Å²) in [6.07, 6.45) is -0.544. The van der Waals surface area contributed by atoms with E-state index in [0.29, 0.717) is 40.5 Å². The number of ketones is 1. The number of esters is 1. The zero-order valence-corrected chi connectivity index (χ0v) is 22.7.